The zero-order valence-corrected chi connectivity index (χ0v) is 14.4. The minimum absolute atomic E-state index is 0.0793. The summed E-state index contributed by atoms with van der Waals surface area (Å²) in [6.07, 6.45) is 0. The molecule has 2 aromatic carbocycles. The van der Waals surface area contributed by atoms with Gasteiger partial charge < -0.3 is 14.8 Å². The average molecular weight is 432 g/mol. The van der Waals surface area contributed by atoms with Crippen molar-refractivity contribution in [3.8, 4) is 22.6 Å². The van der Waals surface area contributed by atoms with Gasteiger partial charge in [0, 0.05) is 14.2 Å². The normalized spacial score (nSPS) is 10.9. The summed E-state index contributed by atoms with van der Waals surface area (Å²) in [7, 11) is 1.52. The first-order valence-electron chi connectivity index (χ1n) is 6.40. The van der Waals surface area contributed by atoms with E-state index >= 15 is 0 Å². The summed E-state index contributed by atoms with van der Waals surface area (Å²) < 4.78 is 6.04. The first-order valence-corrected chi connectivity index (χ1v) is 7.86. The first kappa shape index (κ1) is 15.2. The van der Waals surface area contributed by atoms with Gasteiger partial charge in [0.25, 0.3) is 5.56 Å². The number of benzene rings is 2. The third kappa shape index (κ3) is 2.44. The molecule has 112 valence electrons. The number of H-pyrrole nitrogens is 1. The number of pyridine rings is 1. The number of aromatic nitrogens is 1. The highest BCUT2D eigenvalue weighted by Gasteiger charge is 2.18. The Kier molecular flexibility index (Phi) is 4.01. The third-order valence-electron chi connectivity index (χ3n) is 3.38. The van der Waals surface area contributed by atoms with Gasteiger partial charge in [-0.25, -0.2) is 0 Å². The van der Waals surface area contributed by atoms with E-state index in [0.717, 1.165) is 3.57 Å². The minimum atomic E-state index is -0.396. The smallest absolute Gasteiger partial charge is 0.260 e. The molecule has 0 bridgehead atoms. The molecule has 0 aliphatic carbocycles. The highest BCUT2D eigenvalue weighted by atomic mass is 131. The second kappa shape index (κ2) is 5.81. The zero-order valence-electron chi connectivity index (χ0n) is 11.5. The van der Waals surface area contributed by atoms with E-state index in [-0.39, 0.29) is 11.3 Å². The van der Waals surface area contributed by atoms with Crippen LogP contribution >= 0.6 is 34.2 Å². The lowest BCUT2D eigenvalue weighted by molar-refractivity contribution is 0.415. The van der Waals surface area contributed by atoms with Crippen molar-refractivity contribution in [3.05, 3.63) is 55.3 Å². The summed E-state index contributed by atoms with van der Waals surface area (Å²) in [6, 6.07) is 10.4. The summed E-state index contributed by atoms with van der Waals surface area (Å²) in [5, 5.41) is 11.7. The van der Waals surface area contributed by atoms with Crippen LogP contribution in [0.1, 0.15) is 0 Å². The van der Waals surface area contributed by atoms with Crippen LogP contribution in [0.25, 0.3) is 22.0 Å². The standard InChI is InChI=1S/C16H11ClINO3/c1-22-12-5-3-2-4-9(12)13-15(20)14-10(18)6-8(17)7-11(14)19-16(13)21/h2-7H,1H3,(H2,19,20,21)/i18+4. The quantitative estimate of drug-likeness (QED) is 0.599. The average Bonchev–Trinajstić information content (AvgIpc) is 2.46. The first-order chi connectivity index (χ1) is 10.5. The Labute approximate surface area is 144 Å². The Hall–Kier alpha value is -1.73. The van der Waals surface area contributed by atoms with Crippen LogP contribution in [-0.4, -0.2) is 17.2 Å². The second-order valence-corrected chi connectivity index (χ2v) is 6.29. The Morgan fingerprint density at radius 2 is 2.00 bits per heavy atom. The van der Waals surface area contributed by atoms with Crippen molar-refractivity contribution in [2.75, 3.05) is 7.11 Å². The fourth-order valence-electron chi connectivity index (χ4n) is 2.43. The van der Waals surface area contributed by atoms with E-state index < -0.39 is 5.56 Å². The molecule has 0 saturated heterocycles. The maximum absolute atomic E-state index is 12.4. The maximum Gasteiger partial charge on any atom is 0.260 e. The van der Waals surface area contributed by atoms with E-state index in [9.17, 15) is 9.90 Å². The minimum Gasteiger partial charge on any atom is -0.506 e. The third-order valence-corrected chi connectivity index (χ3v) is 4.45. The van der Waals surface area contributed by atoms with Crippen LogP contribution in [-0.2, 0) is 0 Å². The molecule has 0 amide bonds. The molecule has 4 nitrogen and oxygen atoms in total. The fraction of sp³-hybridized carbons (Fsp3) is 0.0625. The van der Waals surface area contributed by atoms with Gasteiger partial charge in [-0.1, -0.05) is 29.8 Å². The van der Waals surface area contributed by atoms with Crippen LogP contribution in [0.2, 0.25) is 5.02 Å². The SMILES string of the molecule is COc1ccccc1-c1c(O)c2c([131I])cc(Cl)cc2[nH]c1=O. The van der Waals surface area contributed by atoms with Crippen LogP contribution in [0.5, 0.6) is 11.5 Å². The molecule has 0 radical (unpaired) electrons. The molecule has 6 heteroatoms. The predicted octanol–water partition coefficient (Wildman–Crippen LogP) is 4.17. The predicted molar refractivity (Wildman–Crippen MR) is 95.9 cm³/mol. The van der Waals surface area contributed by atoms with Crippen LogP contribution in [0.3, 0.4) is 0 Å². The van der Waals surface area contributed by atoms with E-state index in [4.69, 9.17) is 16.3 Å². The largest absolute Gasteiger partial charge is 0.506 e. The molecule has 1 aromatic heterocycles. The van der Waals surface area contributed by atoms with Gasteiger partial charge in [-0.3, -0.25) is 4.79 Å². The molecule has 0 aliphatic rings. The maximum atomic E-state index is 12.4. The number of methoxy groups -OCH3 is 1. The number of aromatic amines is 1. The van der Waals surface area contributed by atoms with Crippen molar-refractivity contribution in [2.45, 2.75) is 0 Å². The lowest BCUT2D eigenvalue weighted by Gasteiger charge is -2.12. The number of aromatic hydroxyl groups is 1. The van der Waals surface area contributed by atoms with E-state index in [1.165, 1.54) is 7.11 Å². The Bertz CT molecular complexity index is 937. The van der Waals surface area contributed by atoms with Crippen LogP contribution in [0.15, 0.2) is 41.2 Å². The van der Waals surface area contributed by atoms with Gasteiger partial charge in [0.2, 0.25) is 0 Å². The van der Waals surface area contributed by atoms with E-state index in [2.05, 4.69) is 27.6 Å². The second-order valence-electron chi connectivity index (χ2n) is 4.69. The molecule has 0 atom stereocenters. The zero-order chi connectivity index (χ0) is 15.9. The summed E-state index contributed by atoms with van der Waals surface area (Å²) >= 11 is 8.08. The van der Waals surface area contributed by atoms with Gasteiger partial charge >= 0.3 is 0 Å². The van der Waals surface area contributed by atoms with E-state index in [1.54, 1.807) is 36.4 Å². The lowest BCUT2D eigenvalue weighted by Crippen LogP contribution is -2.10. The van der Waals surface area contributed by atoms with Gasteiger partial charge in [-0.05, 0) is 40.8 Å². The number of hydrogen-bond acceptors (Lipinski definition) is 3. The summed E-state index contributed by atoms with van der Waals surface area (Å²) in [5.41, 5.74) is 0.826. The summed E-state index contributed by atoms with van der Waals surface area (Å²) in [5.74, 6) is 0.441. The van der Waals surface area contributed by atoms with Gasteiger partial charge in [0.15, 0.2) is 0 Å². The molecule has 22 heavy (non-hydrogen) atoms. The molecule has 2 N–H and O–H groups in total. The van der Waals surface area contributed by atoms with E-state index in [1.807, 2.05) is 0 Å². The molecule has 0 aliphatic heterocycles. The van der Waals surface area contributed by atoms with Crippen molar-refractivity contribution in [1.29, 1.82) is 0 Å². The molecule has 0 spiro atoms. The number of fused-ring (bicyclic) bond motifs is 1. The summed E-state index contributed by atoms with van der Waals surface area (Å²) in [6.45, 7) is 0. The number of para-hydroxylation sites is 1. The molecule has 0 fully saturated rings. The number of halogens is 2. The number of hydrogen-bond donors (Lipinski definition) is 2. The fourth-order valence-corrected chi connectivity index (χ4v) is 3.72. The number of rotatable bonds is 2. The lowest BCUT2D eigenvalue weighted by atomic mass is 10.0. The Morgan fingerprint density at radius 3 is 2.73 bits per heavy atom. The van der Waals surface area contributed by atoms with Crippen molar-refractivity contribution >= 4 is 45.1 Å². The van der Waals surface area contributed by atoms with Gasteiger partial charge in [0.1, 0.15) is 11.5 Å². The highest BCUT2D eigenvalue weighted by molar-refractivity contribution is 14.1. The summed E-state index contributed by atoms with van der Waals surface area (Å²) in [4.78, 5) is 15.2. The van der Waals surface area contributed by atoms with Gasteiger partial charge in [0.05, 0.1) is 23.6 Å². The Balaban J connectivity index is 2.43. The van der Waals surface area contributed by atoms with Crippen LogP contribution in [0.4, 0.5) is 0 Å². The van der Waals surface area contributed by atoms with E-state index in [0.29, 0.717) is 27.2 Å². The van der Waals surface area contributed by atoms with Crippen molar-refractivity contribution in [1.82, 2.24) is 4.98 Å². The van der Waals surface area contributed by atoms with Crippen molar-refractivity contribution < 1.29 is 9.84 Å². The van der Waals surface area contributed by atoms with Crippen molar-refractivity contribution in [3.63, 3.8) is 0 Å². The van der Waals surface area contributed by atoms with Crippen molar-refractivity contribution in [2.24, 2.45) is 0 Å². The highest BCUT2D eigenvalue weighted by Crippen LogP contribution is 2.39. The molecule has 3 rings (SSSR count). The molecular weight excluding hydrogens is 421 g/mol. The number of ether oxygens (including phenoxy) is 1. The topological polar surface area (TPSA) is 62.3 Å². The molecule has 0 saturated carbocycles. The Morgan fingerprint density at radius 1 is 1.27 bits per heavy atom. The molecule has 3 aromatic rings. The molecular formula is C16H11ClINO3. The van der Waals surface area contributed by atoms with Gasteiger partial charge in [-0.2, -0.15) is 0 Å². The number of nitrogens with one attached hydrogen (secondary N) is 1. The molecule has 1 heterocycles. The molecule has 0 unspecified atom stereocenters. The van der Waals surface area contributed by atoms with Gasteiger partial charge in [-0.15, -0.1) is 0 Å². The van der Waals surface area contributed by atoms with Crippen LogP contribution in [0, 0.1) is 3.57 Å². The van der Waals surface area contributed by atoms with Crippen LogP contribution < -0.4 is 10.3 Å². The monoisotopic (exact) mass is 431 g/mol.